The number of aliphatic hydroxyl groups excluding tert-OH is 1. The molecule has 1 aliphatic rings. The van der Waals surface area contributed by atoms with Crippen LogP contribution in [0.4, 0.5) is 0 Å². The summed E-state index contributed by atoms with van der Waals surface area (Å²) in [6.45, 7) is 6.38. The van der Waals surface area contributed by atoms with Gasteiger partial charge in [0.2, 0.25) is 0 Å². The number of benzene rings is 3. The van der Waals surface area contributed by atoms with Crippen molar-refractivity contribution < 1.29 is 5.11 Å². The first-order valence-electron chi connectivity index (χ1n) is 11.8. The molecule has 1 fully saturated rings. The van der Waals surface area contributed by atoms with Gasteiger partial charge in [0, 0.05) is 68.2 Å². The van der Waals surface area contributed by atoms with Crippen LogP contribution < -0.4 is 0 Å². The minimum absolute atomic E-state index is 0.401. The third kappa shape index (κ3) is 5.67. The molecule has 0 spiro atoms. The molecule has 4 aromatic rings. The predicted molar refractivity (Wildman–Crippen MR) is 159 cm³/mol. The Morgan fingerprint density at radius 1 is 0.765 bits per heavy atom. The first-order chi connectivity index (χ1) is 16.6. The van der Waals surface area contributed by atoms with E-state index in [9.17, 15) is 5.11 Å². The van der Waals surface area contributed by atoms with E-state index in [1.807, 2.05) is 6.07 Å². The number of hydrogen-bond acceptors (Lipinski definition) is 3. The third-order valence-electron chi connectivity index (χ3n) is 6.59. The smallest absolute Gasteiger partial charge is 0.0845 e. The predicted octanol–water partition coefficient (Wildman–Crippen LogP) is 5.70. The fourth-order valence-electron chi connectivity index (χ4n) is 4.87. The van der Waals surface area contributed by atoms with Gasteiger partial charge in [0.15, 0.2) is 0 Å². The quantitative estimate of drug-likeness (QED) is 0.255. The van der Waals surface area contributed by atoms with Gasteiger partial charge < -0.3 is 9.67 Å². The SMILES string of the molecule is OC(CN1CCN(CC=Cc2ccccc2)CC1)Cn1c2ccc(I)cc2c2cc(I)ccc21. The number of piperazine rings is 1. The average Bonchev–Trinajstić information content (AvgIpc) is 3.12. The number of rotatable bonds is 7. The average molecular weight is 677 g/mol. The van der Waals surface area contributed by atoms with Crippen molar-refractivity contribution in [2.24, 2.45) is 0 Å². The second-order valence-corrected chi connectivity index (χ2v) is 11.5. The molecular weight excluding hydrogens is 648 g/mol. The monoisotopic (exact) mass is 677 g/mol. The van der Waals surface area contributed by atoms with Crippen LogP contribution >= 0.6 is 45.2 Å². The van der Waals surface area contributed by atoms with Crippen LogP contribution in [0.1, 0.15) is 5.56 Å². The van der Waals surface area contributed by atoms with E-state index in [-0.39, 0.29) is 0 Å². The number of aromatic nitrogens is 1. The van der Waals surface area contributed by atoms with Crippen LogP contribution in [-0.4, -0.2) is 64.8 Å². The Kier molecular flexibility index (Phi) is 7.90. The zero-order valence-electron chi connectivity index (χ0n) is 19.1. The molecule has 34 heavy (non-hydrogen) atoms. The van der Waals surface area contributed by atoms with Crippen molar-refractivity contribution in [1.29, 1.82) is 0 Å². The van der Waals surface area contributed by atoms with Crippen molar-refractivity contribution in [3.63, 3.8) is 0 Å². The highest BCUT2D eigenvalue weighted by Gasteiger charge is 2.20. The van der Waals surface area contributed by atoms with Gasteiger partial charge in [-0.2, -0.15) is 0 Å². The van der Waals surface area contributed by atoms with Gasteiger partial charge >= 0.3 is 0 Å². The van der Waals surface area contributed by atoms with Gasteiger partial charge in [-0.15, -0.1) is 0 Å². The zero-order valence-corrected chi connectivity index (χ0v) is 23.4. The van der Waals surface area contributed by atoms with Crippen molar-refractivity contribution in [2.75, 3.05) is 39.3 Å². The van der Waals surface area contributed by atoms with Crippen LogP contribution in [0.15, 0.2) is 72.8 Å². The van der Waals surface area contributed by atoms with E-state index in [1.54, 1.807) is 0 Å². The standard InChI is InChI=1S/C28H29I2N3O/c29-22-8-10-27-25(17-22)26-18-23(30)9-11-28(26)33(27)20-24(34)19-32-15-13-31(14-16-32)12-4-7-21-5-2-1-3-6-21/h1-11,17-18,24,34H,12-16,19-20H2. The summed E-state index contributed by atoms with van der Waals surface area (Å²) in [7, 11) is 0. The molecule has 3 aromatic carbocycles. The Balaban J connectivity index is 1.20. The fraction of sp³-hybridized carbons (Fsp3) is 0.286. The van der Waals surface area contributed by atoms with Crippen LogP contribution in [0.5, 0.6) is 0 Å². The van der Waals surface area contributed by atoms with Crippen LogP contribution in [0, 0.1) is 7.14 Å². The fourth-order valence-corrected chi connectivity index (χ4v) is 5.85. The van der Waals surface area contributed by atoms with Crippen LogP contribution in [0.25, 0.3) is 27.9 Å². The topological polar surface area (TPSA) is 31.6 Å². The van der Waals surface area contributed by atoms with Gasteiger partial charge in [-0.1, -0.05) is 42.5 Å². The molecule has 1 atom stereocenters. The summed E-state index contributed by atoms with van der Waals surface area (Å²) in [5.74, 6) is 0. The second-order valence-electron chi connectivity index (χ2n) is 9.00. The molecule has 0 amide bonds. The Hall–Kier alpha value is -1.46. The summed E-state index contributed by atoms with van der Waals surface area (Å²) in [6, 6.07) is 23.7. The van der Waals surface area contributed by atoms with Crippen molar-refractivity contribution in [3.8, 4) is 0 Å². The number of halogens is 2. The number of fused-ring (bicyclic) bond motifs is 3. The van der Waals surface area contributed by atoms with E-state index < -0.39 is 6.10 Å². The summed E-state index contributed by atoms with van der Waals surface area (Å²) in [5, 5.41) is 13.6. The van der Waals surface area contributed by atoms with Crippen LogP contribution in [0.3, 0.4) is 0 Å². The maximum atomic E-state index is 11.0. The normalized spacial score (nSPS) is 16.7. The molecule has 1 unspecified atom stereocenters. The molecule has 1 aliphatic heterocycles. The minimum Gasteiger partial charge on any atom is -0.390 e. The minimum atomic E-state index is -0.401. The van der Waals surface area contributed by atoms with E-state index in [2.05, 4.69) is 132 Å². The Bertz CT molecular complexity index is 1230. The first-order valence-corrected chi connectivity index (χ1v) is 13.9. The number of β-amino-alcohol motifs (C(OH)–C–C–N with tert-alkyl or cyclic N) is 1. The lowest BCUT2D eigenvalue weighted by Crippen LogP contribution is -2.48. The van der Waals surface area contributed by atoms with Gasteiger partial charge in [0.05, 0.1) is 12.6 Å². The van der Waals surface area contributed by atoms with Crippen LogP contribution in [0.2, 0.25) is 0 Å². The van der Waals surface area contributed by atoms with Gasteiger partial charge in [0.25, 0.3) is 0 Å². The lowest BCUT2D eigenvalue weighted by Gasteiger charge is -2.35. The lowest BCUT2D eigenvalue weighted by atomic mass is 10.2. The third-order valence-corrected chi connectivity index (χ3v) is 7.93. The molecule has 1 N–H and O–H groups in total. The Morgan fingerprint density at radius 2 is 1.35 bits per heavy atom. The largest absolute Gasteiger partial charge is 0.390 e. The highest BCUT2D eigenvalue weighted by atomic mass is 127. The molecular formula is C28H29I2N3O. The Labute approximate surface area is 228 Å². The maximum Gasteiger partial charge on any atom is 0.0845 e. The van der Waals surface area contributed by atoms with Crippen molar-refractivity contribution in [2.45, 2.75) is 12.6 Å². The van der Waals surface area contributed by atoms with Crippen LogP contribution in [-0.2, 0) is 6.54 Å². The summed E-state index contributed by atoms with van der Waals surface area (Å²) in [6.07, 6.45) is 4.05. The number of nitrogens with zero attached hydrogens (tertiary/aromatic N) is 3. The van der Waals surface area contributed by atoms with E-state index in [4.69, 9.17) is 0 Å². The summed E-state index contributed by atoms with van der Waals surface area (Å²) < 4.78 is 4.77. The van der Waals surface area contributed by atoms with E-state index >= 15 is 0 Å². The molecule has 176 valence electrons. The van der Waals surface area contributed by atoms with Gasteiger partial charge in [-0.25, -0.2) is 0 Å². The molecule has 0 bridgehead atoms. The molecule has 5 rings (SSSR count). The van der Waals surface area contributed by atoms with E-state index in [1.165, 1.54) is 34.5 Å². The summed E-state index contributed by atoms with van der Waals surface area (Å²) in [5.41, 5.74) is 3.65. The van der Waals surface area contributed by atoms with Crippen molar-refractivity contribution >= 4 is 73.1 Å². The Morgan fingerprint density at radius 3 is 1.97 bits per heavy atom. The van der Waals surface area contributed by atoms with Gasteiger partial charge in [0.1, 0.15) is 0 Å². The summed E-state index contributed by atoms with van der Waals surface area (Å²) in [4.78, 5) is 4.89. The molecule has 1 aromatic heterocycles. The number of hydrogen-bond donors (Lipinski definition) is 1. The molecule has 0 aliphatic carbocycles. The summed E-state index contributed by atoms with van der Waals surface area (Å²) >= 11 is 4.76. The molecule has 1 saturated heterocycles. The molecule has 6 heteroatoms. The molecule has 0 radical (unpaired) electrons. The van der Waals surface area contributed by atoms with E-state index in [0.29, 0.717) is 13.1 Å². The lowest BCUT2D eigenvalue weighted by molar-refractivity contribution is 0.0688. The second kappa shape index (κ2) is 11.1. The molecule has 2 heterocycles. The first kappa shape index (κ1) is 24.2. The maximum absolute atomic E-state index is 11.0. The molecule has 4 nitrogen and oxygen atoms in total. The van der Waals surface area contributed by atoms with Gasteiger partial charge in [-0.3, -0.25) is 9.80 Å². The van der Waals surface area contributed by atoms with Crippen molar-refractivity contribution in [1.82, 2.24) is 14.4 Å². The van der Waals surface area contributed by atoms with E-state index in [0.717, 1.165) is 32.7 Å². The number of aliphatic hydroxyl groups is 1. The highest BCUT2D eigenvalue weighted by Crippen LogP contribution is 2.31. The highest BCUT2D eigenvalue weighted by molar-refractivity contribution is 14.1. The van der Waals surface area contributed by atoms with Gasteiger partial charge in [-0.05, 0) is 87.1 Å². The zero-order chi connectivity index (χ0) is 23.5. The van der Waals surface area contributed by atoms with Crippen molar-refractivity contribution in [3.05, 3.63) is 85.5 Å². The molecule has 0 saturated carbocycles.